The molecule has 0 unspecified atom stereocenters. The van der Waals surface area contributed by atoms with Crippen LogP contribution in [-0.4, -0.2) is 25.8 Å². The Kier molecular flexibility index (Phi) is 3.56. The van der Waals surface area contributed by atoms with E-state index in [9.17, 15) is 14.9 Å². The zero-order valence-corrected chi connectivity index (χ0v) is 9.89. The van der Waals surface area contributed by atoms with Crippen LogP contribution in [0.3, 0.4) is 0 Å². The Labute approximate surface area is 108 Å². The van der Waals surface area contributed by atoms with Gasteiger partial charge in [0.25, 0.3) is 5.69 Å². The van der Waals surface area contributed by atoms with Crippen molar-refractivity contribution in [3.05, 3.63) is 46.8 Å². The summed E-state index contributed by atoms with van der Waals surface area (Å²) in [5.74, 6) is -0.882. The van der Waals surface area contributed by atoms with Gasteiger partial charge in [-0.3, -0.25) is 19.6 Å². The van der Waals surface area contributed by atoms with Crippen LogP contribution in [0.2, 0.25) is 0 Å². The van der Waals surface area contributed by atoms with Crippen molar-refractivity contribution >= 4 is 11.7 Å². The first kappa shape index (κ1) is 12.7. The van der Waals surface area contributed by atoms with E-state index in [2.05, 4.69) is 5.10 Å². The molecule has 0 saturated carbocycles. The zero-order valence-electron chi connectivity index (χ0n) is 9.89. The molecule has 98 valence electrons. The van der Waals surface area contributed by atoms with Gasteiger partial charge in [-0.1, -0.05) is 0 Å². The molecule has 7 nitrogen and oxygen atoms in total. The molecule has 1 aromatic carbocycles. The minimum atomic E-state index is -0.882. The van der Waals surface area contributed by atoms with Gasteiger partial charge >= 0.3 is 5.97 Å². The maximum Gasteiger partial charge on any atom is 0.305 e. The van der Waals surface area contributed by atoms with E-state index in [1.807, 2.05) is 0 Å². The van der Waals surface area contributed by atoms with Gasteiger partial charge in [0.05, 0.1) is 24.1 Å². The van der Waals surface area contributed by atoms with Crippen molar-refractivity contribution in [2.45, 2.75) is 13.0 Å². The third-order valence-electron chi connectivity index (χ3n) is 2.60. The molecule has 0 bridgehead atoms. The summed E-state index contributed by atoms with van der Waals surface area (Å²) in [6.45, 7) is 0.294. The summed E-state index contributed by atoms with van der Waals surface area (Å²) < 4.78 is 1.53. The van der Waals surface area contributed by atoms with Crippen molar-refractivity contribution in [3.8, 4) is 11.1 Å². The molecule has 0 fully saturated rings. The Balaban J connectivity index is 2.13. The summed E-state index contributed by atoms with van der Waals surface area (Å²) in [7, 11) is 0. The van der Waals surface area contributed by atoms with E-state index in [1.54, 1.807) is 24.5 Å². The van der Waals surface area contributed by atoms with Gasteiger partial charge in [0, 0.05) is 23.9 Å². The van der Waals surface area contributed by atoms with Crippen LogP contribution in [0.15, 0.2) is 36.7 Å². The molecule has 0 saturated heterocycles. The minimum absolute atomic E-state index is 0.00137. The molecule has 0 aliphatic rings. The smallest absolute Gasteiger partial charge is 0.305 e. The van der Waals surface area contributed by atoms with Crippen molar-refractivity contribution in [2.24, 2.45) is 0 Å². The maximum atomic E-state index is 10.5. The van der Waals surface area contributed by atoms with E-state index in [0.717, 1.165) is 11.1 Å². The molecule has 0 spiro atoms. The molecule has 0 aliphatic heterocycles. The number of rotatable bonds is 5. The average Bonchev–Trinajstić information content (AvgIpc) is 2.85. The normalized spacial score (nSPS) is 10.3. The fourth-order valence-electron chi connectivity index (χ4n) is 1.62. The Bertz CT molecular complexity index is 604. The summed E-state index contributed by atoms with van der Waals surface area (Å²) in [4.78, 5) is 20.5. The first-order chi connectivity index (χ1) is 9.06. The molecule has 0 radical (unpaired) electrons. The lowest BCUT2D eigenvalue weighted by molar-refractivity contribution is -0.384. The van der Waals surface area contributed by atoms with E-state index in [4.69, 9.17) is 5.11 Å². The van der Waals surface area contributed by atoms with Crippen molar-refractivity contribution < 1.29 is 14.8 Å². The highest BCUT2D eigenvalue weighted by Gasteiger charge is 2.07. The van der Waals surface area contributed by atoms with Crippen LogP contribution in [0.5, 0.6) is 0 Å². The molecule has 0 aliphatic carbocycles. The Hall–Kier alpha value is -2.70. The van der Waals surface area contributed by atoms with E-state index in [1.165, 1.54) is 16.8 Å². The van der Waals surface area contributed by atoms with Crippen LogP contribution in [0.1, 0.15) is 6.42 Å². The Morgan fingerprint density at radius 1 is 1.32 bits per heavy atom. The maximum absolute atomic E-state index is 10.5. The molecule has 0 atom stereocenters. The van der Waals surface area contributed by atoms with Crippen LogP contribution in [0.4, 0.5) is 5.69 Å². The summed E-state index contributed by atoms with van der Waals surface area (Å²) in [6, 6.07) is 6.11. The molecule has 1 aromatic heterocycles. The van der Waals surface area contributed by atoms with Crippen LogP contribution in [0, 0.1) is 10.1 Å². The number of nitro benzene ring substituents is 1. The molecule has 1 heterocycles. The van der Waals surface area contributed by atoms with Crippen molar-refractivity contribution in [1.29, 1.82) is 0 Å². The molecule has 7 heteroatoms. The molecular formula is C12H11N3O4. The second-order valence-electron chi connectivity index (χ2n) is 3.94. The summed E-state index contributed by atoms with van der Waals surface area (Å²) in [5.41, 5.74) is 1.62. The Morgan fingerprint density at radius 2 is 2.00 bits per heavy atom. The lowest BCUT2D eigenvalue weighted by Gasteiger charge is -1.98. The predicted octanol–water partition coefficient (Wildman–Crippen LogP) is 1.93. The van der Waals surface area contributed by atoms with Crippen LogP contribution in [0.25, 0.3) is 11.1 Å². The molecule has 1 N–H and O–H groups in total. The number of hydrogen-bond acceptors (Lipinski definition) is 4. The zero-order chi connectivity index (χ0) is 13.8. The van der Waals surface area contributed by atoms with Gasteiger partial charge in [0.15, 0.2) is 0 Å². The number of carboxylic acid groups (broad SMARTS) is 1. The third-order valence-corrected chi connectivity index (χ3v) is 2.60. The van der Waals surface area contributed by atoms with Crippen LogP contribution < -0.4 is 0 Å². The topological polar surface area (TPSA) is 98.3 Å². The summed E-state index contributed by atoms with van der Waals surface area (Å²) in [6.07, 6.45) is 3.31. The number of non-ortho nitro benzene ring substituents is 1. The highest BCUT2D eigenvalue weighted by atomic mass is 16.6. The Morgan fingerprint density at radius 3 is 2.58 bits per heavy atom. The van der Waals surface area contributed by atoms with Gasteiger partial charge in [-0.25, -0.2) is 0 Å². The number of nitro groups is 1. The fraction of sp³-hybridized carbons (Fsp3) is 0.167. The number of aromatic nitrogens is 2. The number of carboxylic acids is 1. The number of hydrogen-bond donors (Lipinski definition) is 1. The summed E-state index contributed by atoms with van der Waals surface area (Å²) in [5, 5.41) is 23.2. The quantitative estimate of drug-likeness (QED) is 0.655. The highest BCUT2D eigenvalue weighted by Crippen LogP contribution is 2.21. The molecule has 2 aromatic rings. The van der Waals surface area contributed by atoms with Gasteiger partial charge in [0.2, 0.25) is 0 Å². The minimum Gasteiger partial charge on any atom is -0.481 e. The monoisotopic (exact) mass is 261 g/mol. The lowest BCUT2D eigenvalue weighted by atomic mass is 10.1. The standard InChI is InChI=1S/C12H11N3O4/c16-12(17)5-6-14-8-10(7-13-14)9-1-3-11(4-2-9)15(18)19/h1-4,7-8H,5-6H2,(H,16,17). The first-order valence-corrected chi connectivity index (χ1v) is 5.55. The molecule has 0 amide bonds. The number of benzene rings is 1. The van der Waals surface area contributed by atoms with Crippen molar-refractivity contribution in [1.82, 2.24) is 9.78 Å². The van der Waals surface area contributed by atoms with Crippen LogP contribution in [-0.2, 0) is 11.3 Å². The van der Waals surface area contributed by atoms with E-state index in [-0.39, 0.29) is 12.1 Å². The second kappa shape index (κ2) is 5.30. The number of nitrogens with zero attached hydrogens (tertiary/aromatic N) is 3. The number of aliphatic carboxylic acids is 1. The van der Waals surface area contributed by atoms with Gasteiger partial charge in [-0.15, -0.1) is 0 Å². The molecule has 19 heavy (non-hydrogen) atoms. The van der Waals surface area contributed by atoms with Gasteiger partial charge in [0.1, 0.15) is 0 Å². The molecular weight excluding hydrogens is 250 g/mol. The SMILES string of the molecule is O=C(O)CCn1cc(-c2ccc([N+](=O)[O-])cc2)cn1. The highest BCUT2D eigenvalue weighted by molar-refractivity contribution is 5.66. The van der Waals surface area contributed by atoms with E-state index in [0.29, 0.717) is 6.54 Å². The molecule has 2 rings (SSSR count). The number of carbonyl (C=O) groups is 1. The average molecular weight is 261 g/mol. The second-order valence-corrected chi connectivity index (χ2v) is 3.94. The van der Waals surface area contributed by atoms with Gasteiger partial charge in [-0.05, 0) is 17.7 Å². The van der Waals surface area contributed by atoms with Gasteiger partial charge in [-0.2, -0.15) is 5.10 Å². The van der Waals surface area contributed by atoms with E-state index >= 15 is 0 Å². The predicted molar refractivity (Wildman–Crippen MR) is 66.6 cm³/mol. The lowest BCUT2D eigenvalue weighted by Crippen LogP contribution is -2.04. The van der Waals surface area contributed by atoms with Gasteiger partial charge < -0.3 is 5.11 Å². The van der Waals surface area contributed by atoms with Crippen molar-refractivity contribution in [3.63, 3.8) is 0 Å². The third kappa shape index (κ3) is 3.15. The summed E-state index contributed by atoms with van der Waals surface area (Å²) >= 11 is 0. The van der Waals surface area contributed by atoms with E-state index < -0.39 is 10.9 Å². The van der Waals surface area contributed by atoms with Crippen LogP contribution >= 0.6 is 0 Å². The largest absolute Gasteiger partial charge is 0.481 e. The van der Waals surface area contributed by atoms with Crippen molar-refractivity contribution in [2.75, 3.05) is 0 Å². The number of aryl methyl sites for hydroxylation is 1. The fourth-order valence-corrected chi connectivity index (χ4v) is 1.62. The first-order valence-electron chi connectivity index (χ1n) is 5.55.